The van der Waals surface area contributed by atoms with Crippen molar-refractivity contribution in [2.45, 2.75) is 6.42 Å². The lowest BCUT2D eigenvalue weighted by atomic mass is 10.2. The molecule has 0 aromatic rings. The Morgan fingerprint density at radius 1 is 1.70 bits per heavy atom. The van der Waals surface area contributed by atoms with Crippen molar-refractivity contribution in [2.24, 2.45) is 0 Å². The van der Waals surface area contributed by atoms with Crippen molar-refractivity contribution in [3.8, 4) is 6.07 Å². The van der Waals surface area contributed by atoms with Crippen LogP contribution in [0.25, 0.3) is 0 Å². The number of halogens is 1. The third-order valence-corrected chi connectivity index (χ3v) is 1.11. The molecule has 1 nitrogen and oxygen atoms in total. The lowest BCUT2D eigenvalue weighted by Crippen LogP contribution is -1.72. The van der Waals surface area contributed by atoms with Crippen LogP contribution in [0, 0.1) is 11.3 Å². The Bertz CT molecular complexity index is 208. The zero-order valence-electron chi connectivity index (χ0n) is 5.60. The Hall–Kier alpha value is -1.00. The summed E-state index contributed by atoms with van der Waals surface area (Å²) in [5, 5.41) is 8.73. The molecule has 0 radical (unpaired) electrons. The van der Waals surface area contributed by atoms with Crippen molar-refractivity contribution in [2.75, 3.05) is 0 Å². The number of nitriles is 1. The molecule has 0 N–H and O–H groups in total. The van der Waals surface area contributed by atoms with Gasteiger partial charge in [0.15, 0.2) is 0 Å². The van der Waals surface area contributed by atoms with Crippen LogP contribution in [-0.4, -0.2) is 0 Å². The first-order chi connectivity index (χ1) is 4.70. The van der Waals surface area contributed by atoms with Crippen LogP contribution in [0.15, 0.2) is 35.9 Å². The van der Waals surface area contributed by atoms with Gasteiger partial charge in [-0.05, 0) is 11.6 Å². The monoisotopic (exact) mass is 153 g/mol. The third-order valence-electron chi connectivity index (χ3n) is 0.843. The van der Waals surface area contributed by atoms with Gasteiger partial charge in [-0.3, -0.25) is 0 Å². The number of allylic oxidation sites excluding steroid dienone is 4. The van der Waals surface area contributed by atoms with Crippen LogP contribution in [0.4, 0.5) is 0 Å². The van der Waals surface area contributed by atoms with Gasteiger partial charge in [0.1, 0.15) is 0 Å². The van der Waals surface area contributed by atoms with Gasteiger partial charge in [0.25, 0.3) is 0 Å². The summed E-state index contributed by atoms with van der Waals surface area (Å²) >= 11 is 5.57. The molecule has 0 aromatic carbocycles. The third kappa shape index (κ3) is 3.94. The first kappa shape index (κ1) is 9.00. The zero-order valence-corrected chi connectivity index (χ0v) is 6.36. The van der Waals surface area contributed by atoms with E-state index in [1.54, 1.807) is 6.08 Å². The van der Waals surface area contributed by atoms with Crippen LogP contribution in [-0.2, 0) is 0 Å². The van der Waals surface area contributed by atoms with Gasteiger partial charge < -0.3 is 0 Å². The Kier molecular flexibility index (Phi) is 4.36. The molecule has 0 aliphatic rings. The standard InChI is InChI=1S/C8H8ClN/c1-3-8(9)6-7(2)4-5-10/h3,6H,1-2,4H2/b8-6+. The SMILES string of the molecule is C=C/C(Cl)=C\C(=C)CC#N. The summed E-state index contributed by atoms with van der Waals surface area (Å²) < 4.78 is 0. The highest BCUT2D eigenvalue weighted by molar-refractivity contribution is 6.31. The highest BCUT2D eigenvalue weighted by Crippen LogP contribution is 2.08. The average molecular weight is 154 g/mol. The predicted octanol–water partition coefficient (Wildman–Crippen LogP) is 2.76. The van der Waals surface area contributed by atoms with E-state index in [9.17, 15) is 0 Å². The van der Waals surface area contributed by atoms with E-state index >= 15 is 0 Å². The molecule has 0 rings (SSSR count). The number of rotatable bonds is 3. The molecule has 0 spiro atoms. The Morgan fingerprint density at radius 2 is 2.30 bits per heavy atom. The fraction of sp³-hybridized carbons (Fsp3) is 0.125. The molecule has 0 aliphatic heterocycles. The van der Waals surface area contributed by atoms with E-state index < -0.39 is 0 Å². The fourth-order valence-corrected chi connectivity index (χ4v) is 0.561. The summed E-state index contributed by atoms with van der Waals surface area (Å²) in [4.78, 5) is 0. The second kappa shape index (κ2) is 4.84. The fourth-order valence-electron chi connectivity index (χ4n) is 0.407. The molecule has 0 unspecified atom stereocenters. The maximum absolute atomic E-state index is 8.21. The van der Waals surface area contributed by atoms with Crippen molar-refractivity contribution >= 4 is 11.6 Å². The van der Waals surface area contributed by atoms with Crippen molar-refractivity contribution in [1.82, 2.24) is 0 Å². The summed E-state index contributed by atoms with van der Waals surface area (Å²) in [6.45, 7) is 7.05. The lowest BCUT2D eigenvalue weighted by molar-refractivity contribution is 1.29. The molecular weight excluding hydrogens is 146 g/mol. The average Bonchev–Trinajstić information content (AvgIpc) is 1.88. The highest BCUT2D eigenvalue weighted by atomic mass is 35.5. The largest absolute Gasteiger partial charge is 0.198 e. The quantitative estimate of drug-likeness (QED) is 0.572. The smallest absolute Gasteiger partial charge is 0.0669 e. The lowest BCUT2D eigenvalue weighted by Gasteiger charge is -1.89. The summed E-state index contributed by atoms with van der Waals surface area (Å²) in [5.41, 5.74) is 0.701. The molecule has 0 heterocycles. The number of hydrogen-bond donors (Lipinski definition) is 0. The van der Waals surface area contributed by atoms with E-state index in [2.05, 4.69) is 13.2 Å². The molecule has 0 aromatic heterocycles. The number of nitrogens with zero attached hydrogens (tertiary/aromatic N) is 1. The van der Waals surface area contributed by atoms with Crippen LogP contribution in [0.3, 0.4) is 0 Å². The van der Waals surface area contributed by atoms with E-state index in [0.29, 0.717) is 17.0 Å². The van der Waals surface area contributed by atoms with E-state index in [1.807, 2.05) is 6.07 Å². The maximum Gasteiger partial charge on any atom is 0.0669 e. The first-order valence-electron chi connectivity index (χ1n) is 2.75. The molecule has 0 amide bonds. The Balaban J connectivity index is 4.02. The summed E-state index contributed by atoms with van der Waals surface area (Å²) in [6.07, 6.45) is 3.44. The molecular formula is C8H8ClN. The van der Waals surface area contributed by atoms with Gasteiger partial charge >= 0.3 is 0 Å². The first-order valence-corrected chi connectivity index (χ1v) is 3.13. The van der Waals surface area contributed by atoms with Gasteiger partial charge in [-0.2, -0.15) is 5.26 Å². The Morgan fingerprint density at radius 3 is 2.70 bits per heavy atom. The normalized spacial score (nSPS) is 10.2. The van der Waals surface area contributed by atoms with Crippen LogP contribution >= 0.6 is 11.6 Å². The van der Waals surface area contributed by atoms with E-state index in [1.165, 1.54) is 6.08 Å². The van der Waals surface area contributed by atoms with Crippen molar-refractivity contribution in [3.63, 3.8) is 0 Å². The zero-order chi connectivity index (χ0) is 7.98. The molecule has 10 heavy (non-hydrogen) atoms. The van der Waals surface area contributed by atoms with Gasteiger partial charge in [0, 0.05) is 5.03 Å². The van der Waals surface area contributed by atoms with Gasteiger partial charge in [0.05, 0.1) is 12.5 Å². The van der Waals surface area contributed by atoms with E-state index in [4.69, 9.17) is 16.9 Å². The van der Waals surface area contributed by atoms with Gasteiger partial charge in [-0.1, -0.05) is 30.8 Å². The van der Waals surface area contributed by atoms with Crippen LogP contribution in [0.1, 0.15) is 6.42 Å². The molecule has 0 saturated heterocycles. The second-order valence-corrected chi connectivity index (χ2v) is 2.16. The topological polar surface area (TPSA) is 23.8 Å². The Labute approximate surface area is 65.9 Å². The second-order valence-electron chi connectivity index (χ2n) is 1.73. The van der Waals surface area contributed by atoms with Crippen LogP contribution in [0.2, 0.25) is 0 Å². The summed E-state index contributed by atoms with van der Waals surface area (Å²) in [6, 6.07) is 1.96. The molecule has 2 heteroatoms. The van der Waals surface area contributed by atoms with Gasteiger partial charge in [0.2, 0.25) is 0 Å². The molecule has 0 saturated carbocycles. The molecule has 0 fully saturated rings. The molecule has 0 aliphatic carbocycles. The van der Waals surface area contributed by atoms with E-state index in [-0.39, 0.29) is 0 Å². The van der Waals surface area contributed by atoms with Gasteiger partial charge in [-0.25, -0.2) is 0 Å². The highest BCUT2D eigenvalue weighted by Gasteiger charge is 1.88. The summed E-state index contributed by atoms with van der Waals surface area (Å²) in [5.74, 6) is 0. The van der Waals surface area contributed by atoms with Crippen molar-refractivity contribution in [3.05, 3.63) is 35.9 Å². The van der Waals surface area contributed by atoms with Gasteiger partial charge in [-0.15, -0.1) is 0 Å². The molecule has 52 valence electrons. The minimum Gasteiger partial charge on any atom is -0.198 e. The van der Waals surface area contributed by atoms with Crippen molar-refractivity contribution < 1.29 is 0 Å². The maximum atomic E-state index is 8.21. The predicted molar refractivity (Wildman–Crippen MR) is 43.5 cm³/mol. The van der Waals surface area contributed by atoms with Crippen LogP contribution in [0.5, 0.6) is 0 Å². The number of hydrogen-bond acceptors (Lipinski definition) is 1. The minimum atomic E-state index is 0.310. The summed E-state index contributed by atoms with van der Waals surface area (Å²) in [7, 11) is 0. The molecule has 0 bridgehead atoms. The molecule has 0 atom stereocenters. The van der Waals surface area contributed by atoms with Crippen LogP contribution < -0.4 is 0 Å². The van der Waals surface area contributed by atoms with Crippen molar-refractivity contribution in [1.29, 1.82) is 5.26 Å². The minimum absolute atomic E-state index is 0.310. The van der Waals surface area contributed by atoms with E-state index in [0.717, 1.165) is 0 Å².